The van der Waals surface area contributed by atoms with E-state index in [-0.39, 0.29) is 31.7 Å². The molecule has 0 radical (unpaired) electrons. The highest BCUT2D eigenvalue weighted by molar-refractivity contribution is 6.32. The van der Waals surface area contributed by atoms with Gasteiger partial charge in [0.2, 0.25) is 11.8 Å². The summed E-state index contributed by atoms with van der Waals surface area (Å²) >= 11 is 6.28. The molecule has 5 unspecified atom stereocenters. The van der Waals surface area contributed by atoms with Crippen LogP contribution < -0.4 is 15.4 Å². The third-order valence-electron chi connectivity index (χ3n) is 7.23. The number of benzene rings is 2. The average Bonchev–Trinajstić information content (AvgIpc) is 3.01. The minimum absolute atomic E-state index is 0.0545. The zero-order valence-corrected chi connectivity index (χ0v) is 26.3. The van der Waals surface area contributed by atoms with Gasteiger partial charge in [-0.25, -0.2) is 4.79 Å². The van der Waals surface area contributed by atoms with Crippen LogP contribution in [-0.2, 0) is 35.1 Å². The second kappa shape index (κ2) is 17.3. The molecular weight excluding hydrogens is 584 g/mol. The number of esters is 2. The fraction of sp³-hybridized carbons (Fsp3) is 0.412. The second-order valence-corrected chi connectivity index (χ2v) is 11.2. The van der Waals surface area contributed by atoms with Crippen molar-refractivity contribution in [3.8, 4) is 5.75 Å². The number of nitrogens with one attached hydrogen (secondary N) is 2. The first-order chi connectivity index (χ1) is 21.1. The number of halogens is 1. The lowest BCUT2D eigenvalue weighted by atomic mass is 9.99. The summed E-state index contributed by atoms with van der Waals surface area (Å²) in [5.41, 5.74) is 1.69. The van der Waals surface area contributed by atoms with E-state index in [1.54, 1.807) is 31.2 Å². The molecule has 5 atom stereocenters. The van der Waals surface area contributed by atoms with Crippen LogP contribution in [-0.4, -0.2) is 55.7 Å². The predicted octanol–water partition coefficient (Wildman–Crippen LogP) is 5.06. The van der Waals surface area contributed by atoms with Gasteiger partial charge in [-0.1, -0.05) is 93.4 Å². The molecule has 3 rings (SSSR count). The Morgan fingerprint density at radius 1 is 1.07 bits per heavy atom. The fourth-order valence-electron chi connectivity index (χ4n) is 4.56. The summed E-state index contributed by atoms with van der Waals surface area (Å²) in [7, 11) is 1.51. The van der Waals surface area contributed by atoms with Crippen molar-refractivity contribution in [3.05, 3.63) is 82.9 Å². The molecule has 2 aromatic carbocycles. The maximum atomic E-state index is 13.2. The summed E-state index contributed by atoms with van der Waals surface area (Å²) in [5.74, 6) is -2.76. The van der Waals surface area contributed by atoms with Gasteiger partial charge in [0.15, 0.2) is 6.10 Å². The monoisotopic (exact) mass is 624 g/mol. The molecule has 236 valence electrons. The van der Waals surface area contributed by atoms with Crippen LogP contribution in [0.1, 0.15) is 51.2 Å². The molecule has 2 amide bonds. The Bertz CT molecular complexity index is 1340. The summed E-state index contributed by atoms with van der Waals surface area (Å²) in [4.78, 5) is 52.4. The smallest absolute Gasteiger partial charge is 0.347 e. The average molecular weight is 625 g/mol. The van der Waals surface area contributed by atoms with Gasteiger partial charge in [0, 0.05) is 25.3 Å². The molecule has 0 saturated carbocycles. The van der Waals surface area contributed by atoms with Crippen LogP contribution in [0.25, 0.3) is 6.08 Å². The minimum Gasteiger partial charge on any atom is -0.495 e. The van der Waals surface area contributed by atoms with E-state index in [0.29, 0.717) is 22.8 Å². The molecule has 9 nitrogen and oxygen atoms in total. The van der Waals surface area contributed by atoms with Crippen LogP contribution in [0, 0.1) is 11.8 Å². The molecule has 0 fully saturated rings. The Morgan fingerprint density at radius 3 is 2.50 bits per heavy atom. The number of carbonyl (C=O) groups excluding carboxylic acids is 4. The third kappa shape index (κ3) is 10.6. The first-order valence-electron chi connectivity index (χ1n) is 14.8. The van der Waals surface area contributed by atoms with E-state index in [1.165, 1.54) is 13.2 Å². The molecule has 1 heterocycles. The number of ether oxygens (including phenoxy) is 3. The quantitative estimate of drug-likeness (QED) is 0.394. The molecule has 1 aliphatic heterocycles. The Morgan fingerprint density at radius 2 is 1.82 bits per heavy atom. The van der Waals surface area contributed by atoms with Gasteiger partial charge >= 0.3 is 11.9 Å². The Hall–Kier alpha value is -4.11. The molecule has 1 aliphatic rings. The maximum Gasteiger partial charge on any atom is 0.347 e. The summed E-state index contributed by atoms with van der Waals surface area (Å²) in [6.45, 7) is 5.33. The van der Waals surface area contributed by atoms with E-state index >= 15 is 0 Å². The normalized spacial score (nSPS) is 22.9. The molecular formula is C34H41ClN2O7. The van der Waals surface area contributed by atoms with Crippen molar-refractivity contribution in [1.29, 1.82) is 0 Å². The SMILES string of the molecule is CCCC1OC(=O)C(C)CNC(=O)C(Cc2ccc(OC)c(Cl)c2)NC(=O)C=CCC(C(C)C=Cc2ccccc2)OC1=O. The van der Waals surface area contributed by atoms with E-state index in [4.69, 9.17) is 25.8 Å². The van der Waals surface area contributed by atoms with Crippen LogP contribution in [0.4, 0.5) is 0 Å². The number of methoxy groups -OCH3 is 1. The molecule has 0 saturated heterocycles. The molecule has 10 heteroatoms. The largest absolute Gasteiger partial charge is 0.495 e. The van der Waals surface area contributed by atoms with Gasteiger partial charge in [0.25, 0.3) is 0 Å². The van der Waals surface area contributed by atoms with Crippen LogP contribution in [0.15, 0.2) is 66.8 Å². The molecule has 44 heavy (non-hydrogen) atoms. The van der Waals surface area contributed by atoms with Gasteiger partial charge in [0.1, 0.15) is 17.9 Å². The number of rotatable bonds is 8. The molecule has 2 N–H and O–H groups in total. The topological polar surface area (TPSA) is 120 Å². The van der Waals surface area contributed by atoms with Gasteiger partial charge in [-0.05, 0) is 35.8 Å². The standard InChI is InChI=1S/C34H41ClN2O7/c1-5-10-30-34(41)43-28(22(2)15-16-24-11-7-6-8-12-24)13-9-14-31(38)37-27(32(39)36-21-23(3)33(40)44-30)20-25-17-18-29(42-4)26(35)19-25/h6-9,11-12,14-19,22-23,27-28,30H,5,10,13,20-21H2,1-4H3,(H,36,39)(H,37,38). The van der Waals surface area contributed by atoms with E-state index < -0.39 is 47.9 Å². The first kappa shape index (κ1) is 34.4. The predicted molar refractivity (Wildman–Crippen MR) is 169 cm³/mol. The van der Waals surface area contributed by atoms with Crippen molar-refractivity contribution in [2.24, 2.45) is 11.8 Å². The van der Waals surface area contributed by atoms with E-state index in [2.05, 4.69) is 10.6 Å². The van der Waals surface area contributed by atoms with Crippen molar-refractivity contribution in [2.75, 3.05) is 13.7 Å². The second-order valence-electron chi connectivity index (χ2n) is 10.8. The van der Waals surface area contributed by atoms with Crippen LogP contribution >= 0.6 is 11.6 Å². The fourth-order valence-corrected chi connectivity index (χ4v) is 4.84. The lowest BCUT2D eigenvalue weighted by molar-refractivity contribution is -0.175. The third-order valence-corrected chi connectivity index (χ3v) is 7.52. The lowest BCUT2D eigenvalue weighted by Crippen LogP contribution is -2.49. The first-order valence-corrected chi connectivity index (χ1v) is 15.2. The molecule has 0 aliphatic carbocycles. The zero-order valence-electron chi connectivity index (χ0n) is 25.6. The highest BCUT2D eigenvalue weighted by Crippen LogP contribution is 2.25. The van der Waals surface area contributed by atoms with E-state index in [0.717, 1.165) is 5.56 Å². The van der Waals surface area contributed by atoms with Crippen molar-refractivity contribution in [1.82, 2.24) is 10.6 Å². The van der Waals surface area contributed by atoms with E-state index in [1.807, 2.05) is 56.3 Å². The van der Waals surface area contributed by atoms with Gasteiger partial charge in [-0.3, -0.25) is 14.4 Å². The van der Waals surface area contributed by atoms with Crippen molar-refractivity contribution >= 4 is 41.4 Å². The van der Waals surface area contributed by atoms with Gasteiger partial charge in [-0.2, -0.15) is 0 Å². The van der Waals surface area contributed by atoms with Crippen LogP contribution in [0.3, 0.4) is 0 Å². The van der Waals surface area contributed by atoms with Crippen molar-refractivity contribution in [3.63, 3.8) is 0 Å². The minimum atomic E-state index is -1.09. The maximum absolute atomic E-state index is 13.2. The highest BCUT2D eigenvalue weighted by Gasteiger charge is 2.30. The molecule has 0 bridgehead atoms. The van der Waals surface area contributed by atoms with Gasteiger partial charge < -0.3 is 24.8 Å². The summed E-state index contributed by atoms with van der Waals surface area (Å²) < 4.78 is 16.7. The Labute approximate surface area is 264 Å². The number of carbonyl (C=O) groups is 4. The number of cyclic esters (lactones) is 2. The van der Waals surface area contributed by atoms with Crippen molar-refractivity contribution < 1.29 is 33.4 Å². The van der Waals surface area contributed by atoms with Gasteiger partial charge in [-0.15, -0.1) is 0 Å². The molecule has 0 aromatic heterocycles. The zero-order chi connectivity index (χ0) is 32.1. The van der Waals surface area contributed by atoms with Crippen LogP contribution in [0.2, 0.25) is 5.02 Å². The highest BCUT2D eigenvalue weighted by atomic mass is 35.5. The van der Waals surface area contributed by atoms with Crippen LogP contribution in [0.5, 0.6) is 5.75 Å². The molecule has 2 aromatic rings. The lowest BCUT2D eigenvalue weighted by Gasteiger charge is -2.25. The molecule has 0 spiro atoms. The number of amides is 2. The van der Waals surface area contributed by atoms with Crippen molar-refractivity contribution in [2.45, 2.75) is 64.7 Å². The van der Waals surface area contributed by atoms with E-state index in [9.17, 15) is 19.2 Å². The summed E-state index contributed by atoms with van der Waals surface area (Å²) in [6.07, 6.45) is 6.31. The summed E-state index contributed by atoms with van der Waals surface area (Å²) in [6, 6.07) is 13.9. The van der Waals surface area contributed by atoms with Gasteiger partial charge in [0.05, 0.1) is 18.1 Å². The summed E-state index contributed by atoms with van der Waals surface area (Å²) in [5, 5.41) is 5.84. The number of hydrogen-bond acceptors (Lipinski definition) is 7. The Balaban J connectivity index is 1.88. The Kier molecular flexibility index (Phi) is 13.5. The number of hydrogen-bond donors (Lipinski definition) is 2.